The first-order chi connectivity index (χ1) is 19.3. The van der Waals surface area contributed by atoms with E-state index < -0.39 is 47.1 Å². The van der Waals surface area contributed by atoms with Crippen LogP contribution in [0.4, 0.5) is 11.4 Å². The number of rotatable bonds is 4. The third-order valence-electron chi connectivity index (χ3n) is 8.17. The van der Waals surface area contributed by atoms with E-state index in [0.29, 0.717) is 34.1 Å². The van der Waals surface area contributed by atoms with Crippen LogP contribution in [-0.4, -0.2) is 34.7 Å². The molecule has 9 nitrogen and oxygen atoms in total. The topological polar surface area (TPSA) is 121 Å². The fourth-order valence-corrected chi connectivity index (χ4v) is 6.81. The molecule has 0 unspecified atom stereocenters. The number of amides is 3. The maximum Gasteiger partial charge on any atom is 0.308 e. The second kappa shape index (κ2) is 8.77. The molecule has 0 aliphatic carbocycles. The number of carbonyl (C=O) groups excluding carboxylic acids is 4. The van der Waals surface area contributed by atoms with Crippen molar-refractivity contribution in [1.29, 1.82) is 0 Å². The largest absolute Gasteiger partial charge is 0.427 e. The number of aromatic amines is 1. The second-order valence-corrected chi connectivity index (χ2v) is 10.7. The van der Waals surface area contributed by atoms with Gasteiger partial charge in [-0.15, -0.1) is 0 Å². The average Bonchev–Trinajstić information content (AvgIpc) is 3.64. The molecule has 1 spiro atoms. The fourth-order valence-electron chi connectivity index (χ4n) is 6.59. The van der Waals surface area contributed by atoms with Gasteiger partial charge in [-0.1, -0.05) is 41.9 Å². The summed E-state index contributed by atoms with van der Waals surface area (Å²) in [5.74, 6) is -3.29. The lowest BCUT2D eigenvalue weighted by atomic mass is 9.76. The number of fused-ring (bicyclic) bond motifs is 5. The van der Waals surface area contributed by atoms with Crippen molar-refractivity contribution in [3.8, 4) is 5.75 Å². The summed E-state index contributed by atoms with van der Waals surface area (Å²) in [5.41, 5.74) is 1.79. The highest BCUT2D eigenvalue weighted by atomic mass is 35.5. The Bertz CT molecular complexity index is 1750. The van der Waals surface area contributed by atoms with E-state index >= 15 is 0 Å². The Kier molecular flexibility index (Phi) is 5.39. The van der Waals surface area contributed by atoms with E-state index in [1.54, 1.807) is 30.3 Å². The molecule has 3 amide bonds. The predicted molar refractivity (Wildman–Crippen MR) is 148 cm³/mol. The lowest BCUT2D eigenvalue weighted by Gasteiger charge is -2.29. The number of carbonyl (C=O) groups is 4. The normalized spacial score (nSPS) is 25.0. The summed E-state index contributed by atoms with van der Waals surface area (Å²) in [7, 11) is 0. The van der Waals surface area contributed by atoms with Crippen LogP contribution in [0.15, 0.2) is 72.9 Å². The molecule has 1 aromatic heterocycles. The Morgan fingerprint density at radius 1 is 1.00 bits per heavy atom. The minimum atomic E-state index is -1.47. The number of anilines is 2. The Hall–Kier alpha value is -4.47. The van der Waals surface area contributed by atoms with E-state index in [1.165, 1.54) is 19.1 Å². The van der Waals surface area contributed by atoms with E-state index in [0.717, 1.165) is 21.4 Å². The maximum atomic E-state index is 14.2. The number of ether oxygens (including phenoxy) is 1. The van der Waals surface area contributed by atoms with E-state index in [2.05, 4.69) is 15.6 Å². The van der Waals surface area contributed by atoms with Gasteiger partial charge < -0.3 is 15.0 Å². The predicted octanol–water partition coefficient (Wildman–Crippen LogP) is 3.91. The molecule has 3 aliphatic rings. The van der Waals surface area contributed by atoms with Crippen LogP contribution in [0.2, 0.25) is 5.02 Å². The Balaban J connectivity index is 1.34. The second-order valence-electron chi connectivity index (χ2n) is 10.3. The van der Waals surface area contributed by atoms with E-state index in [4.69, 9.17) is 16.3 Å². The molecule has 3 aromatic carbocycles. The van der Waals surface area contributed by atoms with Crippen LogP contribution in [0.5, 0.6) is 5.75 Å². The maximum absolute atomic E-state index is 14.2. The van der Waals surface area contributed by atoms with Crippen molar-refractivity contribution in [2.75, 3.05) is 10.2 Å². The van der Waals surface area contributed by atoms with Crippen molar-refractivity contribution in [1.82, 2.24) is 10.3 Å². The Morgan fingerprint density at radius 3 is 2.55 bits per heavy atom. The zero-order valence-electron chi connectivity index (χ0n) is 21.2. The molecule has 40 heavy (non-hydrogen) atoms. The van der Waals surface area contributed by atoms with Gasteiger partial charge in [-0.25, -0.2) is 4.90 Å². The molecule has 4 atom stereocenters. The molecule has 0 bridgehead atoms. The van der Waals surface area contributed by atoms with E-state index in [9.17, 15) is 19.2 Å². The van der Waals surface area contributed by atoms with Gasteiger partial charge in [0.1, 0.15) is 11.3 Å². The SMILES string of the molecule is CC(=O)Oc1ccc(N2C(=O)[C@H]3[C@@H](C2=O)[C@@]2(N[C@@H]3Cc3c[nH]c4ccccc34)C(=O)Nc3c(Cl)cccc32)cc1. The molecule has 200 valence electrons. The third-order valence-corrected chi connectivity index (χ3v) is 8.49. The number of hydrogen-bond donors (Lipinski definition) is 3. The fraction of sp³-hybridized carbons (Fsp3) is 0.200. The number of esters is 1. The molecular weight excluding hydrogens is 532 g/mol. The van der Waals surface area contributed by atoms with Gasteiger partial charge in [-0.2, -0.15) is 0 Å². The first-order valence-corrected chi connectivity index (χ1v) is 13.3. The summed E-state index contributed by atoms with van der Waals surface area (Å²) in [6.07, 6.45) is 2.31. The molecule has 3 aliphatic heterocycles. The number of hydrogen-bond acceptors (Lipinski definition) is 6. The smallest absolute Gasteiger partial charge is 0.308 e. The van der Waals surface area contributed by atoms with Crippen LogP contribution in [-0.2, 0) is 31.1 Å². The first kappa shape index (κ1) is 24.6. The number of para-hydroxylation sites is 2. The number of nitrogens with zero attached hydrogens (tertiary/aromatic N) is 1. The molecule has 2 saturated heterocycles. The molecule has 7 rings (SSSR count). The monoisotopic (exact) mass is 554 g/mol. The standard InChI is InChI=1S/C30H23ClN4O5/c1-15(36)40-18-11-9-17(10-12-18)35-27(37)24-23(13-16-14-32-22-8-3-2-5-19(16)22)34-30(25(24)28(35)38)20-6-4-7-21(31)26(20)33-29(30)39/h2-12,14,23-25,32,34H,13H2,1H3,(H,33,39)/t23-,24-,25+,30-/m1/s1. The van der Waals surface area contributed by atoms with E-state index in [-0.39, 0.29) is 0 Å². The van der Waals surface area contributed by atoms with Crippen LogP contribution in [0, 0.1) is 11.8 Å². The number of nitrogens with one attached hydrogen (secondary N) is 3. The van der Waals surface area contributed by atoms with Crippen LogP contribution < -0.4 is 20.3 Å². The molecule has 4 heterocycles. The number of halogens is 1. The number of benzene rings is 3. The highest BCUT2D eigenvalue weighted by Gasteiger charge is 2.70. The zero-order valence-corrected chi connectivity index (χ0v) is 22.0. The van der Waals surface area contributed by atoms with Gasteiger partial charge >= 0.3 is 5.97 Å². The van der Waals surface area contributed by atoms with Crippen molar-refractivity contribution in [3.05, 3.63) is 89.1 Å². The summed E-state index contributed by atoms with van der Waals surface area (Å²) in [6, 6.07) is 18.7. The van der Waals surface area contributed by atoms with Gasteiger partial charge in [0.25, 0.3) is 0 Å². The third kappa shape index (κ3) is 3.38. The molecule has 3 N–H and O–H groups in total. The Labute approximate surface area is 233 Å². The summed E-state index contributed by atoms with van der Waals surface area (Å²) >= 11 is 6.45. The molecule has 4 aromatic rings. The minimum absolute atomic E-state index is 0.296. The van der Waals surface area contributed by atoms with Crippen LogP contribution in [0.3, 0.4) is 0 Å². The summed E-state index contributed by atoms with van der Waals surface area (Å²) in [5, 5.41) is 7.69. The summed E-state index contributed by atoms with van der Waals surface area (Å²) < 4.78 is 5.11. The minimum Gasteiger partial charge on any atom is -0.427 e. The lowest BCUT2D eigenvalue weighted by molar-refractivity contribution is -0.132. The van der Waals surface area contributed by atoms with Crippen LogP contribution >= 0.6 is 11.6 Å². The first-order valence-electron chi connectivity index (χ1n) is 12.9. The molecule has 0 radical (unpaired) electrons. The Morgan fingerprint density at radius 2 is 1.77 bits per heavy atom. The van der Waals surface area contributed by atoms with Crippen molar-refractivity contribution >= 4 is 57.6 Å². The zero-order chi connectivity index (χ0) is 27.8. The van der Waals surface area contributed by atoms with Crippen LogP contribution in [0.25, 0.3) is 10.9 Å². The van der Waals surface area contributed by atoms with Gasteiger partial charge in [0, 0.05) is 35.6 Å². The number of aromatic nitrogens is 1. The van der Waals surface area contributed by atoms with Gasteiger partial charge in [-0.05, 0) is 48.4 Å². The lowest BCUT2D eigenvalue weighted by Crippen LogP contribution is -2.53. The molecule has 10 heteroatoms. The highest BCUT2D eigenvalue weighted by Crippen LogP contribution is 2.55. The summed E-state index contributed by atoms with van der Waals surface area (Å²) in [4.78, 5) is 57.8. The van der Waals surface area contributed by atoms with Gasteiger partial charge in [-0.3, -0.25) is 24.5 Å². The van der Waals surface area contributed by atoms with Crippen LogP contribution in [0.1, 0.15) is 18.1 Å². The number of H-pyrrole nitrogens is 1. The average molecular weight is 555 g/mol. The van der Waals surface area contributed by atoms with Gasteiger partial charge in [0.15, 0.2) is 0 Å². The van der Waals surface area contributed by atoms with E-state index in [1.807, 2.05) is 30.5 Å². The molecule has 2 fully saturated rings. The van der Waals surface area contributed by atoms with Crippen molar-refractivity contribution < 1.29 is 23.9 Å². The van der Waals surface area contributed by atoms with Crippen molar-refractivity contribution in [3.63, 3.8) is 0 Å². The van der Waals surface area contributed by atoms with Crippen molar-refractivity contribution in [2.24, 2.45) is 11.8 Å². The highest BCUT2D eigenvalue weighted by molar-refractivity contribution is 6.35. The molecule has 0 saturated carbocycles. The quantitative estimate of drug-likeness (QED) is 0.200. The molecular formula is C30H23ClN4O5. The number of imide groups is 1. The summed E-state index contributed by atoms with van der Waals surface area (Å²) in [6.45, 7) is 1.29. The van der Waals surface area contributed by atoms with Gasteiger partial charge in [0.05, 0.1) is 28.2 Å². The van der Waals surface area contributed by atoms with Gasteiger partial charge in [0.2, 0.25) is 17.7 Å². The van der Waals surface area contributed by atoms with Crippen molar-refractivity contribution in [2.45, 2.75) is 24.9 Å².